The van der Waals surface area contributed by atoms with Crippen molar-refractivity contribution in [3.63, 3.8) is 0 Å². The maximum Gasteiger partial charge on any atom is 0.347 e. The molecule has 0 radical (unpaired) electrons. The molecule has 1 aliphatic heterocycles. The Kier molecular flexibility index (Phi) is 8.86. The van der Waals surface area contributed by atoms with Crippen LogP contribution in [0.15, 0.2) is 48.5 Å². The van der Waals surface area contributed by atoms with Crippen molar-refractivity contribution in [2.45, 2.75) is 18.5 Å². The summed E-state index contributed by atoms with van der Waals surface area (Å²) in [7, 11) is 0. The van der Waals surface area contributed by atoms with Crippen LogP contribution in [0.2, 0.25) is 0 Å². The minimum Gasteiger partial charge on any atom is -0.507 e. The zero-order valence-electron chi connectivity index (χ0n) is 21.0. The van der Waals surface area contributed by atoms with Gasteiger partial charge in [0.2, 0.25) is 17.8 Å². The predicted molar refractivity (Wildman–Crippen MR) is 146 cm³/mol. The highest BCUT2D eigenvalue weighted by Gasteiger charge is 2.26. The number of nitrogens with one attached hydrogen (secondary N) is 1. The molecule has 2 atom stereocenters. The van der Waals surface area contributed by atoms with E-state index in [0.29, 0.717) is 69.0 Å². The molecule has 1 aliphatic rings. The van der Waals surface area contributed by atoms with E-state index < -0.39 is 5.97 Å². The van der Waals surface area contributed by atoms with E-state index in [1.807, 2.05) is 15.9 Å². The Morgan fingerprint density at radius 3 is 2.34 bits per heavy atom. The first-order valence-electron chi connectivity index (χ1n) is 12.4. The minimum atomic E-state index is -0.679. The van der Waals surface area contributed by atoms with Crippen LogP contribution in [0.3, 0.4) is 0 Å². The molecule has 0 spiro atoms. The van der Waals surface area contributed by atoms with E-state index in [0.717, 1.165) is 0 Å². The summed E-state index contributed by atoms with van der Waals surface area (Å²) >= 11 is 0. The zero-order valence-corrected chi connectivity index (χ0v) is 21.0. The number of hydrogen-bond acceptors (Lipinski definition) is 13. The van der Waals surface area contributed by atoms with Crippen molar-refractivity contribution < 1.29 is 14.6 Å². The number of carbonyl (C=O) groups is 1. The van der Waals surface area contributed by atoms with Crippen molar-refractivity contribution in [1.29, 1.82) is 0 Å². The lowest BCUT2D eigenvalue weighted by Crippen LogP contribution is -2.53. The van der Waals surface area contributed by atoms with Crippen LogP contribution in [0.4, 0.5) is 23.5 Å². The number of carbonyl (C=O) groups excluding carboxylic acids is 1. The lowest BCUT2D eigenvalue weighted by Gasteiger charge is -2.35. The van der Waals surface area contributed by atoms with E-state index in [4.69, 9.17) is 27.7 Å². The summed E-state index contributed by atoms with van der Waals surface area (Å²) < 4.78 is 5.32. The third-order valence-electron chi connectivity index (χ3n) is 5.92. The maximum absolute atomic E-state index is 12.5. The first kappa shape index (κ1) is 27.0. The number of rotatable bonds is 10. The lowest BCUT2D eigenvalue weighted by molar-refractivity contribution is 0.0731. The van der Waals surface area contributed by atoms with Crippen molar-refractivity contribution >= 4 is 29.5 Å². The van der Waals surface area contributed by atoms with E-state index in [-0.39, 0.29) is 29.3 Å². The van der Waals surface area contributed by atoms with Gasteiger partial charge in [-0.1, -0.05) is 18.2 Å². The van der Waals surface area contributed by atoms with Crippen molar-refractivity contribution in [1.82, 2.24) is 15.0 Å². The highest BCUT2D eigenvalue weighted by Crippen LogP contribution is 2.27. The summed E-state index contributed by atoms with van der Waals surface area (Å²) in [5.41, 5.74) is 24.5. The molecule has 0 saturated carbocycles. The normalized spacial score (nSPS) is 17.2. The first-order chi connectivity index (χ1) is 18.4. The second kappa shape index (κ2) is 12.5. The molecule has 1 fully saturated rings. The summed E-state index contributed by atoms with van der Waals surface area (Å²) in [6, 6.07) is 12.9. The number of phenolic OH excluding ortho intramolecular Hbond substituents is 1. The average molecular weight is 523 g/mol. The Bertz CT molecular complexity index is 1210. The molecular formula is C25H34N10O3. The van der Waals surface area contributed by atoms with Crippen LogP contribution in [-0.4, -0.2) is 77.4 Å². The number of para-hydroxylation sites is 1. The second-order valence-corrected chi connectivity index (χ2v) is 9.04. The first-order valence-corrected chi connectivity index (χ1v) is 12.4. The van der Waals surface area contributed by atoms with E-state index in [1.54, 1.807) is 30.3 Å². The van der Waals surface area contributed by atoms with Crippen LogP contribution in [0, 0.1) is 0 Å². The summed E-state index contributed by atoms with van der Waals surface area (Å²) in [5, 5.41) is 13.6. The van der Waals surface area contributed by atoms with Crippen LogP contribution in [0.5, 0.6) is 11.5 Å². The van der Waals surface area contributed by atoms with Gasteiger partial charge in [0.15, 0.2) is 0 Å². The fourth-order valence-electron chi connectivity index (χ4n) is 4.22. The third-order valence-corrected chi connectivity index (χ3v) is 5.92. The standard InChI is InChI=1S/C25H34N10O3/c26-8-10-34(11-9-27)24-31-23(32-25(33-24)35-14-16(28)12-17(29)15-35)30-18-6-7-20(21(36)13-18)22(37)38-19-4-2-1-3-5-19/h1-7,13,16-17,36H,8-12,14-15,26-29H2,(H,30,31,32,33)/t16-,17+. The number of anilines is 4. The number of nitrogens with zero attached hydrogens (tertiary/aromatic N) is 5. The second-order valence-electron chi connectivity index (χ2n) is 9.04. The quantitative estimate of drug-likeness (QED) is 0.155. The van der Waals surface area contributed by atoms with Crippen molar-refractivity contribution in [2.24, 2.45) is 22.9 Å². The highest BCUT2D eigenvalue weighted by atomic mass is 16.5. The van der Waals surface area contributed by atoms with Crippen molar-refractivity contribution in [2.75, 3.05) is 54.4 Å². The molecule has 0 aliphatic carbocycles. The number of nitrogens with two attached hydrogens (primary N) is 4. The molecule has 3 aromatic rings. The number of piperidine rings is 1. The zero-order chi connectivity index (χ0) is 27.1. The van der Waals surface area contributed by atoms with Gasteiger partial charge in [-0.3, -0.25) is 0 Å². The number of aromatic hydroxyl groups is 1. The van der Waals surface area contributed by atoms with Gasteiger partial charge in [-0.25, -0.2) is 4.79 Å². The monoisotopic (exact) mass is 522 g/mol. The van der Waals surface area contributed by atoms with Gasteiger partial charge < -0.3 is 47.9 Å². The van der Waals surface area contributed by atoms with Gasteiger partial charge in [-0.05, 0) is 30.7 Å². The molecule has 13 nitrogen and oxygen atoms in total. The van der Waals surface area contributed by atoms with Crippen LogP contribution >= 0.6 is 0 Å². The molecule has 202 valence electrons. The highest BCUT2D eigenvalue weighted by molar-refractivity contribution is 5.94. The number of phenols is 1. The Labute approximate surface area is 220 Å². The SMILES string of the molecule is NCCN(CCN)c1nc(Nc2ccc(C(=O)Oc3ccccc3)c(O)c2)nc(N2C[C@H](N)C[C@H](N)C2)n1. The molecule has 0 unspecified atom stereocenters. The summed E-state index contributed by atoms with van der Waals surface area (Å²) in [6.07, 6.45) is 0.713. The molecular weight excluding hydrogens is 488 g/mol. The number of ether oxygens (including phenoxy) is 1. The van der Waals surface area contributed by atoms with Gasteiger partial charge in [0.25, 0.3) is 0 Å². The number of hydrogen-bond donors (Lipinski definition) is 6. The molecule has 2 heterocycles. The average Bonchev–Trinajstić information content (AvgIpc) is 2.88. The van der Waals surface area contributed by atoms with Crippen molar-refractivity contribution in [3.8, 4) is 11.5 Å². The van der Waals surface area contributed by atoms with Gasteiger partial charge >= 0.3 is 5.97 Å². The molecule has 1 saturated heterocycles. The molecule has 0 amide bonds. The topological polar surface area (TPSA) is 208 Å². The smallest absolute Gasteiger partial charge is 0.347 e. The van der Waals surface area contributed by atoms with E-state index in [1.165, 1.54) is 12.1 Å². The van der Waals surface area contributed by atoms with Gasteiger partial charge in [0, 0.05) is 63.1 Å². The lowest BCUT2D eigenvalue weighted by atomic mass is 10.0. The fourth-order valence-corrected chi connectivity index (χ4v) is 4.22. The summed E-state index contributed by atoms with van der Waals surface area (Å²) in [4.78, 5) is 30.1. The Morgan fingerprint density at radius 2 is 1.71 bits per heavy atom. The van der Waals surface area contributed by atoms with E-state index >= 15 is 0 Å². The van der Waals surface area contributed by atoms with Gasteiger partial charge in [0.05, 0.1) is 0 Å². The Balaban J connectivity index is 1.60. The molecule has 1 aromatic heterocycles. The summed E-state index contributed by atoms with van der Waals surface area (Å²) in [5.74, 6) is 0.480. The van der Waals surface area contributed by atoms with Crippen molar-refractivity contribution in [3.05, 3.63) is 54.1 Å². The molecule has 4 rings (SSSR count). The number of benzene rings is 2. The van der Waals surface area contributed by atoms with Crippen LogP contribution in [0.1, 0.15) is 16.8 Å². The maximum atomic E-state index is 12.5. The van der Waals surface area contributed by atoms with E-state index in [9.17, 15) is 9.90 Å². The van der Waals surface area contributed by atoms with Gasteiger partial charge in [-0.15, -0.1) is 0 Å². The largest absolute Gasteiger partial charge is 0.507 e. The van der Waals surface area contributed by atoms with Gasteiger partial charge in [-0.2, -0.15) is 15.0 Å². The molecule has 0 bridgehead atoms. The Hall–Kier alpha value is -4.04. The Morgan fingerprint density at radius 1 is 1.03 bits per heavy atom. The molecule has 13 heteroatoms. The predicted octanol–water partition coefficient (Wildman–Crippen LogP) is 0.129. The van der Waals surface area contributed by atoms with Crippen LogP contribution in [0.25, 0.3) is 0 Å². The third kappa shape index (κ3) is 6.83. The molecule has 38 heavy (non-hydrogen) atoms. The number of esters is 1. The van der Waals surface area contributed by atoms with E-state index in [2.05, 4.69) is 20.3 Å². The summed E-state index contributed by atoms with van der Waals surface area (Å²) in [6.45, 7) is 2.86. The van der Waals surface area contributed by atoms with Gasteiger partial charge in [0.1, 0.15) is 17.1 Å². The number of aromatic nitrogens is 3. The molecule has 10 N–H and O–H groups in total. The van der Waals surface area contributed by atoms with Crippen LogP contribution in [-0.2, 0) is 0 Å². The van der Waals surface area contributed by atoms with Crippen LogP contribution < -0.4 is 42.8 Å². The fraction of sp³-hybridized carbons (Fsp3) is 0.360. The molecule has 2 aromatic carbocycles. The minimum absolute atomic E-state index is 0.0183.